The molecule has 0 aliphatic heterocycles. The second kappa shape index (κ2) is 10.9. The monoisotopic (exact) mass is 410 g/mol. The van der Waals surface area contributed by atoms with Crippen molar-refractivity contribution in [2.75, 3.05) is 13.2 Å². The molecule has 3 amide bonds. The molecule has 156 valence electrons. The van der Waals surface area contributed by atoms with Gasteiger partial charge >= 0.3 is 12.2 Å². The van der Waals surface area contributed by atoms with Gasteiger partial charge in [-0.3, -0.25) is 4.79 Å². The van der Waals surface area contributed by atoms with Crippen molar-refractivity contribution in [3.63, 3.8) is 0 Å². The fourth-order valence-corrected chi connectivity index (χ4v) is 2.18. The average molecular weight is 410 g/mol. The summed E-state index contributed by atoms with van der Waals surface area (Å²) in [6, 6.07) is 11.8. The predicted octanol–water partition coefficient (Wildman–Crippen LogP) is 2.53. The number of pyridine rings is 1. The summed E-state index contributed by atoms with van der Waals surface area (Å²) >= 11 is 0. The molecule has 0 bridgehead atoms. The summed E-state index contributed by atoms with van der Waals surface area (Å²) in [6.07, 6.45) is -2.99. The number of benzene rings is 1. The van der Waals surface area contributed by atoms with E-state index in [-0.39, 0.29) is 31.3 Å². The molecule has 0 atom stereocenters. The van der Waals surface area contributed by atoms with Gasteiger partial charge in [-0.25, -0.2) is 9.78 Å². The quantitative estimate of drug-likeness (QED) is 0.592. The third kappa shape index (κ3) is 9.45. The summed E-state index contributed by atoms with van der Waals surface area (Å²) < 4.78 is 40.7. The summed E-state index contributed by atoms with van der Waals surface area (Å²) in [5.74, 6) is -0.343. The number of urea groups is 1. The second-order valence-corrected chi connectivity index (χ2v) is 6.03. The summed E-state index contributed by atoms with van der Waals surface area (Å²) in [7, 11) is 0. The molecule has 1 aromatic carbocycles. The molecular weight excluding hydrogens is 389 g/mol. The Morgan fingerprint density at radius 3 is 2.31 bits per heavy atom. The number of carbonyl (C=O) groups excluding carboxylic acids is 2. The minimum absolute atomic E-state index is 0.124. The molecule has 2 rings (SSSR count). The van der Waals surface area contributed by atoms with Gasteiger partial charge in [-0.15, -0.1) is 0 Å². The molecule has 0 radical (unpaired) electrons. The highest BCUT2D eigenvalue weighted by atomic mass is 19.4. The van der Waals surface area contributed by atoms with E-state index in [0.717, 1.165) is 5.56 Å². The highest BCUT2D eigenvalue weighted by Crippen LogP contribution is 2.16. The van der Waals surface area contributed by atoms with E-state index >= 15 is 0 Å². The van der Waals surface area contributed by atoms with Gasteiger partial charge in [0.2, 0.25) is 11.8 Å². The Morgan fingerprint density at radius 1 is 0.931 bits per heavy atom. The molecule has 0 aliphatic carbocycles. The Balaban J connectivity index is 1.60. The third-order valence-corrected chi connectivity index (χ3v) is 3.60. The van der Waals surface area contributed by atoms with Crippen LogP contribution in [0.15, 0.2) is 48.7 Å². The van der Waals surface area contributed by atoms with Crippen molar-refractivity contribution in [1.82, 2.24) is 20.9 Å². The van der Waals surface area contributed by atoms with E-state index in [1.807, 2.05) is 30.3 Å². The van der Waals surface area contributed by atoms with Crippen molar-refractivity contribution >= 4 is 11.9 Å². The Morgan fingerprint density at radius 2 is 1.66 bits per heavy atom. The number of alkyl halides is 3. The SMILES string of the molecule is O=C(CCNC(=O)NCc1ccc(OCC(F)(F)F)nc1)NCc1ccccc1. The smallest absolute Gasteiger partial charge is 0.422 e. The molecule has 7 nitrogen and oxygen atoms in total. The first kappa shape index (κ1) is 22.0. The number of nitrogens with one attached hydrogen (secondary N) is 3. The molecule has 0 fully saturated rings. The Hall–Kier alpha value is -3.30. The van der Waals surface area contributed by atoms with Crippen LogP contribution < -0.4 is 20.7 Å². The molecule has 29 heavy (non-hydrogen) atoms. The lowest BCUT2D eigenvalue weighted by molar-refractivity contribution is -0.154. The number of carbonyl (C=O) groups is 2. The van der Waals surface area contributed by atoms with Crippen molar-refractivity contribution in [3.05, 3.63) is 59.8 Å². The van der Waals surface area contributed by atoms with Gasteiger partial charge in [0.1, 0.15) is 0 Å². The zero-order valence-corrected chi connectivity index (χ0v) is 15.5. The molecule has 0 spiro atoms. The van der Waals surface area contributed by atoms with E-state index in [4.69, 9.17) is 0 Å². The third-order valence-electron chi connectivity index (χ3n) is 3.60. The first-order valence-electron chi connectivity index (χ1n) is 8.78. The van der Waals surface area contributed by atoms with Crippen LogP contribution in [0.2, 0.25) is 0 Å². The van der Waals surface area contributed by atoms with Gasteiger partial charge < -0.3 is 20.7 Å². The normalized spacial score (nSPS) is 10.9. The second-order valence-electron chi connectivity index (χ2n) is 6.03. The van der Waals surface area contributed by atoms with E-state index in [1.165, 1.54) is 18.3 Å². The predicted molar refractivity (Wildman–Crippen MR) is 98.9 cm³/mol. The number of ether oxygens (including phenoxy) is 1. The molecule has 3 N–H and O–H groups in total. The number of hydrogen-bond acceptors (Lipinski definition) is 4. The van der Waals surface area contributed by atoms with Crippen molar-refractivity contribution < 1.29 is 27.5 Å². The zero-order chi connectivity index (χ0) is 21.1. The van der Waals surface area contributed by atoms with Crippen molar-refractivity contribution in [3.8, 4) is 5.88 Å². The minimum atomic E-state index is -4.43. The molecule has 10 heteroatoms. The zero-order valence-electron chi connectivity index (χ0n) is 15.5. The van der Waals surface area contributed by atoms with E-state index in [9.17, 15) is 22.8 Å². The van der Waals surface area contributed by atoms with Crippen molar-refractivity contribution in [1.29, 1.82) is 0 Å². The fourth-order valence-electron chi connectivity index (χ4n) is 2.18. The number of hydrogen-bond donors (Lipinski definition) is 3. The lowest BCUT2D eigenvalue weighted by atomic mass is 10.2. The Labute approximate surface area is 165 Å². The molecule has 1 heterocycles. The maximum absolute atomic E-state index is 12.1. The van der Waals surface area contributed by atoms with Gasteiger partial charge in [-0.1, -0.05) is 36.4 Å². The largest absolute Gasteiger partial charge is 0.468 e. The van der Waals surface area contributed by atoms with Crippen LogP contribution in [0.25, 0.3) is 0 Å². The molecule has 2 aromatic rings. The first-order valence-corrected chi connectivity index (χ1v) is 8.78. The molecule has 0 aliphatic rings. The number of aromatic nitrogens is 1. The van der Waals surface area contributed by atoms with Crippen LogP contribution in [0.4, 0.5) is 18.0 Å². The highest BCUT2D eigenvalue weighted by molar-refractivity contribution is 5.78. The molecule has 0 saturated heterocycles. The summed E-state index contributed by atoms with van der Waals surface area (Å²) in [6.45, 7) is -0.714. The summed E-state index contributed by atoms with van der Waals surface area (Å²) in [5.41, 5.74) is 1.56. The van der Waals surface area contributed by atoms with E-state index in [0.29, 0.717) is 12.1 Å². The van der Waals surface area contributed by atoms with Crippen LogP contribution in [-0.2, 0) is 17.9 Å². The maximum atomic E-state index is 12.1. The Kier molecular flexibility index (Phi) is 8.26. The lowest BCUT2D eigenvalue weighted by Crippen LogP contribution is -2.37. The highest BCUT2D eigenvalue weighted by Gasteiger charge is 2.28. The van der Waals surface area contributed by atoms with Crippen molar-refractivity contribution in [2.45, 2.75) is 25.7 Å². The number of rotatable bonds is 9. The van der Waals surface area contributed by atoms with Gasteiger partial charge in [0.25, 0.3) is 0 Å². The van der Waals surface area contributed by atoms with Crippen LogP contribution in [0.5, 0.6) is 5.88 Å². The van der Waals surface area contributed by atoms with Gasteiger partial charge in [-0.05, 0) is 11.1 Å². The van der Waals surface area contributed by atoms with Crippen LogP contribution in [0.3, 0.4) is 0 Å². The van der Waals surface area contributed by atoms with E-state index in [2.05, 4.69) is 25.7 Å². The van der Waals surface area contributed by atoms with Crippen molar-refractivity contribution in [2.24, 2.45) is 0 Å². The van der Waals surface area contributed by atoms with Crippen LogP contribution in [0, 0.1) is 0 Å². The van der Waals surface area contributed by atoms with Crippen LogP contribution >= 0.6 is 0 Å². The topological polar surface area (TPSA) is 92.4 Å². The van der Waals surface area contributed by atoms with Crippen LogP contribution in [-0.4, -0.2) is 36.3 Å². The number of nitrogens with zero attached hydrogens (tertiary/aromatic N) is 1. The maximum Gasteiger partial charge on any atom is 0.422 e. The van der Waals surface area contributed by atoms with Crippen LogP contribution in [0.1, 0.15) is 17.5 Å². The van der Waals surface area contributed by atoms with Gasteiger partial charge in [0.15, 0.2) is 6.61 Å². The van der Waals surface area contributed by atoms with Gasteiger partial charge in [-0.2, -0.15) is 13.2 Å². The number of halogens is 3. The minimum Gasteiger partial charge on any atom is -0.468 e. The standard InChI is InChI=1S/C19H21F3N4O3/c20-19(21,22)13-29-17-7-6-15(11-25-17)12-26-18(28)23-9-8-16(27)24-10-14-4-2-1-3-5-14/h1-7,11H,8-10,12-13H2,(H,24,27)(H2,23,26,28). The van der Waals surface area contributed by atoms with E-state index in [1.54, 1.807) is 0 Å². The molecule has 0 unspecified atom stereocenters. The van der Waals surface area contributed by atoms with E-state index < -0.39 is 18.8 Å². The summed E-state index contributed by atoms with van der Waals surface area (Å²) in [4.78, 5) is 27.2. The molecule has 1 aromatic heterocycles. The molecule has 0 saturated carbocycles. The fraction of sp³-hybridized carbons (Fsp3) is 0.316. The first-order chi connectivity index (χ1) is 13.8. The lowest BCUT2D eigenvalue weighted by Gasteiger charge is -2.10. The molecular formula is C19H21F3N4O3. The van der Waals surface area contributed by atoms with Gasteiger partial charge in [0, 0.05) is 38.3 Å². The van der Waals surface area contributed by atoms with Gasteiger partial charge in [0.05, 0.1) is 0 Å². The average Bonchev–Trinajstić information content (AvgIpc) is 2.70. The number of amides is 3. The summed E-state index contributed by atoms with van der Waals surface area (Å²) in [5, 5.41) is 7.87. The Bertz CT molecular complexity index is 784.